The van der Waals surface area contributed by atoms with E-state index in [1.807, 2.05) is 26.8 Å². The van der Waals surface area contributed by atoms with E-state index < -0.39 is 0 Å². The van der Waals surface area contributed by atoms with Gasteiger partial charge in [-0.15, -0.1) is 0 Å². The maximum Gasteiger partial charge on any atom is 0.270 e. The zero-order valence-corrected chi connectivity index (χ0v) is 10.6. The van der Waals surface area contributed by atoms with Crippen LogP contribution in [0.5, 0.6) is 0 Å². The number of hydrogen-bond acceptors (Lipinski definition) is 3. The molecule has 0 bridgehead atoms. The Morgan fingerprint density at radius 3 is 2.53 bits per heavy atom. The third-order valence-corrected chi connectivity index (χ3v) is 2.80. The molecule has 4 nitrogen and oxygen atoms in total. The first-order valence-corrected chi connectivity index (χ1v) is 5.64. The Morgan fingerprint density at radius 1 is 1.41 bits per heavy atom. The largest absolute Gasteiger partial charge is 0.348 e. The number of carbonyl (C=O) groups is 1. The second kappa shape index (κ2) is 5.44. The van der Waals surface area contributed by atoms with E-state index in [0.717, 1.165) is 0 Å². The topological polar surface area (TPSA) is 65.8 Å². The molecule has 1 amide bonds. The number of rotatable bonds is 3. The van der Waals surface area contributed by atoms with Crippen molar-refractivity contribution in [3.63, 3.8) is 0 Å². The molecule has 0 aliphatic rings. The Labute approximate surface area is 102 Å². The summed E-state index contributed by atoms with van der Waals surface area (Å²) in [5.74, 6) is 0.178. The van der Waals surface area contributed by atoms with E-state index in [0.29, 0.717) is 22.9 Å². The van der Waals surface area contributed by atoms with Crippen LogP contribution in [0.4, 0.5) is 0 Å². The van der Waals surface area contributed by atoms with Gasteiger partial charge in [0.25, 0.3) is 5.91 Å². The molecule has 0 fully saturated rings. The predicted molar refractivity (Wildman–Crippen MR) is 65.5 cm³/mol. The van der Waals surface area contributed by atoms with E-state index in [4.69, 9.17) is 5.26 Å². The van der Waals surface area contributed by atoms with Crippen LogP contribution in [-0.2, 0) is 0 Å². The molecule has 4 heteroatoms. The van der Waals surface area contributed by atoms with Crippen LogP contribution in [-0.4, -0.2) is 16.9 Å². The molecular formula is C13H17N3O. The van der Waals surface area contributed by atoms with Crippen molar-refractivity contribution in [3.05, 3.63) is 29.1 Å². The van der Waals surface area contributed by atoms with E-state index in [-0.39, 0.29) is 11.9 Å². The smallest absolute Gasteiger partial charge is 0.270 e. The van der Waals surface area contributed by atoms with Gasteiger partial charge in [-0.25, -0.2) is 4.98 Å². The lowest BCUT2D eigenvalue weighted by Crippen LogP contribution is -2.36. The number of carbonyl (C=O) groups excluding carboxylic acids is 1. The Hall–Kier alpha value is -1.89. The Balaban J connectivity index is 2.84. The molecule has 0 aliphatic carbocycles. The van der Waals surface area contributed by atoms with E-state index in [9.17, 15) is 4.79 Å². The molecule has 0 spiro atoms. The summed E-state index contributed by atoms with van der Waals surface area (Å²) in [6.07, 6.45) is 0. The second-order valence-electron chi connectivity index (χ2n) is 4.45. The van der Waals surface area contributed by atoms with Gasteiger partial charge in [-0.1, -0.05) is 13.8 Å². The summed E-state index contributed by atoms with van der Waals surface area (Å²) in [5.41, 5.74) is 1.44. The lowest BCUT2D eigenvalue weighted by molar-refractivity contribution is 0.0925. The summed E-state index contributed by atoms with van der Waals surface area (Å²) >= 11 is 0. The van der Waals surface area contributed by atoms with Crippen LogP contribution in [0.1, 0.15) is 42.5 Å². The molecule has 17 heavy (non-hydrogen) atoms. The maximum absolute atomic E-state index is 11.9. The highest BCUT2D eigenvalue weighted by Crippen LogP contribution is 2.07. The lowest BCUT2D eigenvalue weighted by Gasteiger charge is -2.17. The monoisotopic (exact) mass is 231 g/mol. The number of pyridine rings is 1. The molecule has 1 aromatic rings. The van der Waals surface area contributed by atoms with Crippen molar-refractivity contribution >= 4 is 5.91 Å². The van der Waals surface area contributed by atoms with Crippen LogP contribution in [0.2, 0.25) is 0 Å². The summed E-state index contributed by atoms with van der Waals surface area (Å²) in [6.45, 7) is 7.77. The maximum atomic E-state index is 11.9. The van der Waals surface area contributed by atoms with Crippen LogP contribution in [0.3, 0.4) is 0 Å². The summed E-state index contributed by atoms with van der Waals surface area (Å²) in [6, 6.07) is 5.32. The molecule has 1 unspecified atom stereocenters. The van der Waals surface area contributed by atoms with E-state index >= 15 is 0 Å². The normalized spacial score (nSPS) is 12.0. The third kappa shape index (κ3) is 3.28. The highest BCUT2D eigenvalue weighted by Gasteiger charge is 2.14. The summed E-state index contributed by atoms with van der Waals surface area (Å²) < 4.78 is 0. The van der Waals surface area contributed by atoms with Crippen molar-refractivity contribution in [2.45, 2.75) is 33.7 Å². The zero-order chi connectivity index (χ0) is 13.0. The van der Waals surface area contributed by atoms with Gasteiger partial charge < -0.3 is 5.32 Å². The number of hydrogen-bond donors (Lipinski definition) is 1. The van der Waals surface area contributed by atoms with Gasteiger partial charge in [-0.05, 0) is 31.9 Å². The van der Waals surface area contributed by atoms with Gasteiger partial charge in [-0.2, -0.15) is 5.26 Å². The van der Waals surface area contributed by atoms with Gasteiger partial charge in [0.05, 0.1) is 11.3 Å². The molecule has 1 aromatic heterocycles. The molecule has 0 aromatic carbocycles. The van der Waals surface area contributed by atoms with Crippen LogP contribution in [0.25, 0.3) is 0 Å². The number of nitriles is 1. The molecule has 1 atom stereocenters. The number of aromatic nitrogens is 1. The molecule has 90 valence electrons. The van der Waals surface area contributed by atoms with Gasteiger partial charge in [0.2, 0.25) is 0 Å². The van der Waals surface area contributed by atoms with Crippen molar-refractivity contribution in [2.75, 3.05) is 0 Å². The van der Waals surface area contributed by atoms with Crippen molar-refractivity contribution in [1.82, 2.24) is 10.3 Å². The fourth-order valence-electron chi connectivity index (χ4n) is 1.25. The average molecular weight is 231 g/mol. The number of nitrogens with zero attached hydrogens (tertiary/aromatic N) is 2. The first kappa shape index (κ1) is 13.2. The molecule has 0 saturated heterocycles. The van der Waals surface area contributed by atoms with Crippen LogP contribution in [0, 0.1) is 24.2 Å². The molecule has 0 aliphatic heterocycles. The number of nitrogens with one attached hydrogen (secondary N) is 1. The lowest BCUT2D eigenvalue weighted by atomic mass is 10.1. The van der Waals surface area contributed by atoms with Crippen LogP contribution >= 0.6 is 0 Å². The van der Waals surface area contributed by atoms with Crippen molar-refractivity contribution in [1.29, 1.82) is 5.26 Å². The Morgan fingerprint density at radius 2 is 2.06 bits per heavy atom. The quantitative estimate of drug-likeness (QED) is 0.865. The molecule has 1 N–H and O–H groups in total. The Kier molecular flexibility index (Phi) is 4.22. The van der Waals surface area contributed by atoms with E-state index in [2.05, 4.69) is 10.3 Å². The van der Waals surface area contributed by atoms with Gasteiger partial charge in [-0.3, -0.25) is 4.79 Å². The zero-order valence-electron chi connectivity index (χ0n) is 10.6. The summed E-state index contributed by atoms with van der Waals surface area (Å²) in [4.78, 5) is 16.0. The molecular weight excluding hydrogens is 214 g/mol. The standard InChI is InChI=1S/C13H17N3O/c1-8(2)9(3)16-13(17)12-6-5-11(7-14)10(4)15-12/h5-6,8-9H,1-4H3,(H,16,17). The van der Waals surface area contributed by atoms with E-state index in [1.165, 1.54) is 0 Å². The van der Waals surface area contributed by atoms with Crippen molar-refractivity contribution in [2.24, 2.45) is 5.92 Å². The SMILES string of the molecule is Cc1nc(C(=O)NC(C)C(C)C)ccc1C#N. The minimum Gasteiger partial charge on any atom is -0.348 e. The third-order valence-electron chi connectivity index (χ3n) is 2.80. The van der Waals surface area contributed by atoms with Gasteiger partial charge >= 0.3 is 0 Å². The second-order valence-corrected chi connectivity index (χ2v) is 4.45. The fraction of sp³-hybridized carbons (Fsp3) is 0.462. The average Bonchev–Trinajstić information content (AvgIpc) is 2.28. The van der Waals surface area contributed by atoms with Crippen LogP contribution < -0.4 is 5.32 Å². The predicted octanol–water partition coefficient (Wildman–Crippen LogP) is 2.04. The van der Waals surface area contributed by atoms with Crippen LogP contribution in [0.15, 0.2) is 12.1 Å². The van der Waals surface area contributed by atoms with Crippen molar-refractivity contribution < 1.29 is 4.79 Å². The Bertz CT molecular complexity index is 460. The minimum absolute atomic E-state index is 0.0975. The fourth-order valence-corrected chi connectivity index (χ4v) is 1.25. The summed E-state index contributed by atoms with van der Waals surface area (Å²) in [7, 11) is 0. The van der Waals surface area contributed by atoms with Gasteiger partial charge in [0, 0.05) is 6.04 Å². The number of aryl methyl sites for hydroxylation is 1. The number of amides is 1. The van der Waals surface area contributed by atoms with Gasteiger partial charge in [0.15, 0.2) is 0 Å². The first-order valence-electron chi connectivity index (χ1n) is 5.64. The molecule has 0 saturated carbocycles. The highest BCUT2D eigenvalue weighted by molar-refractivity contribution is 5.92. The molecule has 1 rings (SSSR count). The van der Waals surface area contributed by atoms with Gasteiger partial charge in [0.1, 0.15) is 11.8 Å². The van der Waals surface area contributed by atoms with E-state index in [1.54, 1.807) is 19.1 Å². The summed E-state index contributed by atoms with van der Waals surface area (Å²) in [5, 5.41) is 11.7. The molecule has 0 radical (unpaired) electrons. The molecule has 1 heterocycles. The first-order chi connectivity index (χ1) is 7.95. The minimum atomic E-state index is -0.196. The van der Waals surface area contributed by atoms with Crippen molar-refractivity contribution in [3.8, 4) is 6.07 Å². The highest BCUT2D eigenvalue weighted by atomic mass is 16.1.